The van der Waals surface area contributed by atoms with Gasteiger partial charge < -0.3 is 0 Å². The van der Waals surface area contributed by atoms with E-state index in [1.54, 1.807) is 11.3 Å². The number of hydrogen-bond acceptors (Lipinski definition) is 3. The maximum absolute atomic E-state index is 4.90. The van der Waals surface area contributed by atoms with Crippen LogP contribution >= 0.6 is 22.7 Å². The molecule has 6 aromatic rings. The highest BCUT2D eigenvalue weighted by Crippen LogP contribution is 2.42. The van der Waals surface area contributed by atoms with Gasteiger partial charge in [0.25, 0.3) is 0 Å². The lowest BCUT2D eigenvalue weighted by Gasteiger charge is -2.16. The average molecular weight is 472 g/mol. The summed E-state index contributed by atoms with van der Waals surface area (Å²) in [7, 11) is 0. The number of thiazole rings is 1. The molecule has 0 aliphatic rings. The predicted octanol–water partition coefficient (Wildman–Crippen LogP) is 9.03. The lowest BCUT2D eigenvalue weighted by Crippen LogP contribution is -1.95. The third kappa shape index (κ3) is 4.01. The number of thiophene rings is 1. The van der Waals surface area contributed by atoms with Gasteiger partial charge in [-0.25, -0.2) is 4.98 Å². The van der Waals surface area contributed by atoms with Crippen LogP contribution in [0.15, 0.2) is 127 Å². The second-order valence-electron chi connectivity index (χ2n) is 8.00. The first-order chi connectivity index (χ1) is 16.9. The maximum Gasteiger partial charge on any atom is 0.134 e. The lowest BCUT2D eigenvalue weighted by atomic mass is 9.89. The number of fused-ring (bicyclic) bond motifs is 1. The van der Waals surface area contributed by atoms with Crippen LogP contribution < -0.4 is 0 Å². The molecule has 1 nitrogen and oxygen atoms in total. The fourth-order valence-electron chi connectivity index (χ4n) is 4.24. The molecule has 4 aromatic carbocycles. The van der Waals surface area contributed by atoms with Crippen molar-refractivity contribution in [1.82, 2.24) is 4.98 Å². The van der Waals surface area contributed by atoms with Gasteiger partial charge in [0.1, 0.15) is 5.01 Å². The van der Waals surface area contributed by atoms with E-state index in [0.717, 1.165) is 10.5 Å². The Balaban J connectivity index is 1.59. The van der Waals surface area contributed by atoms with Crippen LogP contribution in [0.3, 0.4) is 0 Å². The highest BCUT2D eigenvalue weighted by Gasteiger charge is 2.18. The van der Waals surface area contributed by atoms with E-state index >= 15 is 0 Å². The first-order valence-electron chi connectivity index (χ1n) is 11.2. The summed E-state index contributed by atoms with van der Waals surface area (Å²) in [5.41, 5.74) is 7.18. The summed E-state index contributed by atoms with van der Waals surface area (Å²) >= 11 is 3.57. The monoisotopic (exact) mass is 471 g/mol. The van der Waals surface area contributed by atoms with E-state index in [1.165, 1.54) is 42.3 Å². The molecule has 2 heterocycles. The van der Waals surface area contributed by atoms with E-state index in [0.29, 0.717) is 0 Å². The van der Waals surface area contributed by atoms with Crippen molar-refractivity contribution < 1.29 is 0 Å². The number of aromatic nitrogens is 1. The standard InChI is InChI=1S/C31H21NS2/c1-4-12-22(13-5-1)29(23-14-6-2-7-15-23)30(24-16-8-3-9-17-24)27-20-21-28(33-27)31-32-25-18-10-11-19-26(25)34-31/h1-21H. The summed E-state index contributed by atoms with van der Waals surface area (Å²) in [6.07, 6.45) is 0. The second kappa shape index (κ2) is 9.22. The molecule has 0 bridgehead atoms. The van der Waals surface area contributed by atoms with Gasteiger partial charge in [-0.3, -0.25) is 0 Å². The first-order valence-corrected chi connectivity index (χ1v) is 12.9. The van der Waals surface area contributed by atoms with Gasteiger partial charge in [-0.2, -0.15) is 0 Å². The van der Waals surface area contributed by atoms with Gasteiger partial charge in [0, 0.05) is 10.5 Å². The van der Waals surface area contributed by atoms with Gasteiger partial charge in [0.05, 0.1) is 15.1 Å². The van der Waals surface area contributed by atoms with Crippen molar-refractivity contribution in [2.24, 2.45) is 0 Å². The van der Waals surface area contributed by atoms with Crippen molar-refractivity contribution in [2.45, 2.75) is 0 Å². The Morgan fingerprint density at radius 3 is 1.59 bits per heavy atom. The normalized spacial score (nSPS) is 10.9. The van der Waals surface area contributed by atoms with Gasteiger partial charge in [-0.05, 0) is 46.5 Å². The SMILES string of the molecule is c1ccc(C(=C(c2ccccc2)c2ccc(-c3nc4ccccc4s3)s2)c2ccccc2)cc1. The Morgan fingerprint density at radius 1 is 0.471 bits per heavy atom. The fourth-order valence-corrected chi connectivity index (χ4v) is 6.34. The number of nitrogens with zero attached hydrogens (tertiary/aromatic N) is 1. The van der Waals surface area contributed by atoms with Crippen molar-refractivity contribution in [3.63, 3.8) is 0 Å². The van der Waals surface area contributed by atoms with Crippen LogP contribution in [0.4, 0.5) is 0 Å². The van der Waals surface area contributed by atoms with E-state index in [1.807, 2.05) is 17.4 Å². The quantitative estimate of drug-likeness (QED) is 0.229. The van der Waals surface area contributed by atoms with Gasteiger partial charge >= 0.3 is 0 Å². The molecule has 0 aliphatic carbocycles. The van der Waals surface area contributed by atoms with E-state index in [-0.39, 0.29) is 0 Å². The summed E-state index contributed by atoms with van der Waals surface area (Å²) in [6.45, 7) is 0. The maximum atomic E-state index is 4.90. The molecule has 0 fully saturated rings. The van der Waals surface area contributed by atoms with E-state index in [9.17, 15) is 0 Å². The molecule has 0 atom stereocenters. The molecule has 0 saturated carbocycles. The fraction of sp³-hybridized carbons (Fsp3) is 0. The summed E-state index contributed by atoms with van der Waals surface area (Å²) < 4.78 is 1.22. The molecular formula is C31H21NS2. The minimum Gasteiger partial charge on any atom is -0.235 e. The van der Waals surface area contributed by atoms with Crippen molar-refractivity contribution >= 4 is 44.0 Å². The summed E-state index contributed by atoms with van der Waals surface area (Å²) in [5.74, 6) is 0. The van der Waals surface area contributed by atoms with Gasteiger partial charge in [-0.1, -0.05) is 103 Å². The molecule has 6 rings (SSSR count). The van der Waals surface area contributed by atoms with Crippen LogP contribution in [-0.4, -0.2) is 4.98 Å². The molecule has 162 valence electrons. The number of rotatable bonds is 5. The summed E-state index contributed by atoms with van der Waals surface area (Å²) in [4.78, 5) is 7.34. The van der Waals surface area contributed by atoms with E-state index in [2.05, 4.69) is 121 Å². The first kappa shape index (κ1) is 20.8. The third-order valence-electron chi connectivity index (χ3n) is 5.79. The summed E-state index contributed by atoms with van der Waals surface area (Å²) in [6, 6.07) is 44.9. The summed E-state index contributed by atoms with van der Waals surface area (Å²) in [5, 5.41) is 1.07. The Kier molecular flexibility index (Phi) is 5.64. The lowest BCUT2D eigenvalue weighted by molar-refractivity contribution is 1.50. The van der Waals surface area contributed by atoms with Gasteiger partial charge in [0.2, 0.25) is 0 Å². The molecule has 0 N–H and O–H groups in total. The van der Waals surface area contributed by atoms with Crippen molar-refractivity contribution in [3.05, 3.63) is 149 Å². The third-order valence-corrected chi connectivity index (χ3v) is 8.10. The zero-order chi connectivity index (χ0) is 22.7. The van der Waals surface area contributed by atoms with Crippen molar-refractivity contribution in [2.75, 3.05) is 0 Å². The number of hydrogen-bond donors (Lipinski definition) is 0. The van der Waals surface area contributed by atoms with Crippen LogP contribution in [0.2, 0.25) is 0 Å². The van der Waals surface area contributed by atoms with Crippen LogP contribution in [0.1, 0.15) is 21.6 Å². The van der Waals surface area contributed by atoms with Gasteiger partial charge in [-0.15, -0.1) is 22.7 Å². The molecule has 0 radical (unpaired) electrons. The molecule has 3 heteroatoms. The van der Waals surface area contributed by atoms with Crippen LogP contribution in [0, 0.1) is 0 Å². The zero-order valence-corrected chi connectivity index (χ0v) is 20.0. The van der Waals surface area contributed by atoms with Crippen molar-refractivity contribution in [1.29, 1.82) is 0 Å². The average Bonchev–Trinajstić information content (AvgIpc) is 3.56. The highest BCUT2D eigenvalue weighted by atomic mass is 32.1. The van der Waals surface area contributed by atoms with E-state index in [4.69, 9.17) is 4.98 Å². The molecule has 0 aliphatic heterocycles. The topological polar surface area (TPSA) is 12.9 Å². The molecule has 34 heavy (non-hydrogen) atoms. The molecule has 0 unspecified atom stereocenters. The van der Waals surface area contributed by atoms with Crippen LogP contribution in [-0.2, 0) is 0 Å². The smallest absolute Gasteiger partial charge is 0.134 e. The van der Waals surface area contributed by atoms with Gasteiger partial charge in [0.15, 0.2) is 0 Å². The molecule has 0 amide bonds. The highest BCUT2D eigenvalue weighted by molar-refractivity contribution is 7.25. The second-order valence-corrected chi connectivity index (χ2v) is 10.1. The molecule has 0 saturated heterocycles. The zero-order valence-electron chi connectivity index (χ0n) is 18.4. The minimum absolute atomic E-state index is 1.06. The van der Waals surface area contributed by atoms with Crippen molar-refractivity contribution in [3.8, 4) is 9.88 Å². The van der Waals surface area contributed by atoms with E-state index < -0.39 is 0 Å². The minimum atomic E-state index is 1.06. The molecule has 2 aromatic heterocycles. The Hall–Kier alpha value is -3.79. The Bertz CT molecular complexity index is 1500. The predicted molar refractivity (Wildman–Crippen MR) is 147 cm³/mol. The Morgan fingerprint density at radius 2 is 1.00 bits per heavy atom. The Labute approximate surface area is 207 Å². The molecular weight excluding hydrogens is 450 g/mol. The van der Waals surface area contributed by atoms with Crippen LogP contribution in [0.25, 0.3) is 31.2 Å². The molecule has 0 spiro atoms. The van der Waals surface area contributed by atoms with Crippen LogP contribution in [0.5, 0.6) is 0 Å². The largest absolute Gasteiger partial charge is 0.235 e. The number of para-hydroxylation sites is 1. The number of benzene rings is 4.